The zero-order valence-corrected chi connectivity index (χ0v) is 17.5. The summed E-state index contributed by atoms with van der Waals surface area (Å²) in [7, 11) is -3.74. The van der Waals surface area contributed by atoms with Crippen molar-refractivity contribution in [2.45, 2.75) is 90.4 Å². The molecule has 0 aliphatic heterocycles. The van der Waals surface area contributed by atoms with Crippen LogP contribution in [0.25, 0.3) is 0 Å². The Balaban J connectivity index is -0.00000162. The van der Waals surface area contributed by atoms with Crippen LogP contribution in [0.5, 0.6) is 0 Å². The Hall–Kier alpha value is 1.55. The normalized spacial score (nSPS) is 11.3. The fourth-order valence-corrected chi connectivity index (χ4v) is 2.87. The molecule has 0 saturated heterocycles. The molecule has 0 saturated carbocycles. The molecule has 0 aliphatic rings. The van der Waals surface area contributed by atoms with Gasteiger partial charge in [-0.3, -0.25) is 4.55 Å². The summed E-state index contributed by atoms with van der Waals surface area (Å²) in [5, 5.41) is 0. The van der Waals surface area contributed by atoms with Crippen LogP contribution in [0.4, 0.5) is 0 Å². The third-order valence-corrected chi connectivity index (χ3v) is 4.31. The van der Waals surface area contributed by atoms with Crippen molar-refractivity contribution in [3.8, 4) is 0 Å². The summed E-state index contributed by atoms with van der Waals surface area (Å²) in [6, 6.07) is 0. The maximum Gasteiger partial charge on any atom is 1.00 e. The summed E-state index contributed by atoms with van der Waals surface area (Å²) < 4.78 is 29.5. The van der Waals surface area contributed by atoms with E-state index in [1.54, 1.807) is 0 Å². The summed E-state index contributed by atoms with van der Waals surface area (Å²) in [5.41, 5.74) is 0. The molecule has 0 radical (unpaired) electrons. The molecule has 0 heterocycles. The molecule has 0 fully saturated rings. The van der Waals surface area contributed by atoms with Gasteiger partial charge in [-0.05, 0) is 6.42 Å². The molecule has 20 heavy (non-hydrogen) atoms. The molecule has 3 nitrogen and oxygen atoms in total. The van der Waals surface area contributed by atoms with Gasteiger partial charge < -0.3 is 1.43 Å². The maximum atomic E-state index is 10.5. The van der Waals surface area contributed by atoms with E-state index in [0.29, 0.717) is 6.42 Å². The second-order valence-electron chi connectivity index (χ2n) is 5.53. The van der Waals surface area contributed by atoms with Crippen molar-refractivity contribution in [1.29, 1.82) is 0 Å². The molecule has 0 aromatic heterocycles. The van der Waals surface area contributed by atoms with Gasteiger partial charge in [-0.1, -0.05) is 84.0 Å². The number of unbranched alkanes of at least 4 members (excludes halogenated alkanes) is 12. The molecular weight excluding hydrogens is 299 g/mol. The topological polar surface area (TPSA) is 54.4 Å². The number of hydrogen-bond donors (Lipinski definition) is 1. The zero-order chi connectivity index (χ0) is 14.4. The average Bonchev–Trinajstić information content (AvgIpc) is 2.34. The van der Waals surface area contributed by atoms with Gasteiger partial charge in [-0.25, -0.2) is 0 Å². The van der Waals surface area contributed by atoms with Gasteiger partial charge in [0.15, 0.2) is 0 Å². The first-order chi connectivity index (χ1) is 9.06. The summed E-state index contributed by atoms with van der Waals surface area (Å²) in [4.78, 5) is 0. The van der Waals surface area contributed by atoms with Crippen molar-refractivity contribution in [3.63, 3.8) is 0 Å². The van der Waals surface area contributed by atoms with E-state index in [1.807, 2.05) is 0 Å². The fraction of sp³-hybridized carbons (Fsp3) is 1.00. The number of hydrogen-bond acceptors (Lipinski definition) is 2. The SMILES string of the molecule is CCCCCCCCCCCCCCCS(=O)(=O)O.[H-].[K+]. The molecule has 0 rings (SSSR count). The van der Waals surface area contributed by atoms with Gasteiger partial charge in [-0.2, -0.15) is 8.42 Å². The van der Waals surface area contributed by atoms with Crippen molar-refractivity contribution >= 4 is 10.1 Å². The van der Waals surface area contributed by atoms with Crippen LogP contribution in [0.3, 0.4) is 0 Å². The first kappa shape index (κ1) is 23.8. The molecule has 0 amide bonds. The van der Waals surface area contributed by atoms with Crippen LogP contribution in [0.15, 0.2) is 0 Å². The molecule has 0 atom stereocenters. The van der Waals surface area contributed by atoms with E-state index in [0.717, 1.165) is 12.8 Å². The average molecular weight is 333 g/mol. The summed E-state index contributed by atoms with van der Waals surface area (Å²) in [6.07, 6.45) is 15.9. The van der Waals surface area contributed by atoms with Crippen molar-refractivity contribution in [1.82, 2.24) is 0 Å². The molecule has 0 bridgehead atoms. The standard InChI is InChI=1S/C15H32O3S.K.H/c1-2-3-4-5-6-7-8-9-10-11-12-13-14-15-19(16,17)18;;/h2-15H2,1H3,(H,16,17,18);;/q;+1;-1. The zero-order valence-electron chi connectivity index (χ0n) is 14.6. The van der Waals surface area contributed by atoms with E-state index in [9.17, 15) is 8.42 Å². The molecule has 5 heteroatoms. The third-order valence-electron chi connectivity index (χ3n) is 3.51. The Morgan fingerprint density at radius 3 is 1.30 bits per heavy atom. The van der Waals surface area contributed by atoms with Crippen LogP contribution >= 0.6 is 0 Å². The largest absolute Gasteiger partial charge is 1.00 e. The van der Waals surface area contributed by atoms with Crippen molar-refractivity contribution in [2.24, 2.45) is 0 Å². The third kappa shape index (κ3) is 21.8. The van der Waals surface area contributed by atoms with Gasteiger partial charge in [0.05, 0.1) is 5.75 Å². The van der Waals surface area contributed by atoms with Gasteiger partial charge in [0, 0.05) is 0 Å². The van der Waals surface area contributed by atoms with E-state index >= 15 is 0 Å². The summed E-state index contributed by atoms with van der Waals surface area (Å²) in [6.45, 7) is 2.25. The van der Waals surface area contributed by atoms with Gasteiger partial charge in [0.25, 0.3) is 10.1 Å². The minimum atomic E-state index is -3.74. The molecule has 0 aromatic carbocycles. The van der Waals surface area contributed by atoms with Crippen LogP contribution < -0.4 is 51.4 Å². The van der Waals surface area contributed by atoms with E-state index in [4.69, 9.17) is 4.55 Å². The molecular formula is C15H33KO3S. The Kier molecular flexibility index (Phi) is 20.1. The smallest absolute Gasteiger partial charge is 1.00 e. The first-order valence-corrected chi connectivity index (χ1v) is 9.62. The molecule has 0 aromatic rings. The molecule has 0 aliphatic carbocycles. The van der Waals surface area contributed by atoms with Crippen LogP contribution in [-0.2, 0) is 10.1 Å². The second-order valence-corrected chi connectivity index (χ2v) is 7.10. The van der Waals surface area contributed by atoms with Gasteiger partial charge >= 0.3 is 51.4 Å². The molecule has 0 spiro atoms. The second kappa shape index (κ2) is 16.9. The minimum Gasteiger partial charge on any atom is -1.00 e. The maximum absolute atomic E-state index is 10.5. The predicted octanol–water partition coefficient (Wildman–Crippen LogP) is 2.08. The molecule has 118 valence electrons. The van der Waals surface area contributed by atoms with Gasteiger partial charge in [0.2, 0.25) is 0 Å². The Bertz CT molecular complexity index is 285. The van der Waals surface area contributed by atoms with E-state index in [1.165, 1.54) is 64.2 Å². The van der Waals surface area contributed by atoms with Crippen molar-refractivity contribution < 1.29 is 65.8 Å². The molecule has 0 unspecified atom stereocenters. The summed E-state index contributed by atoms with van der Waals surface area (Å²) in [5.74, 6) is -0.0786. The minimum absolute atomic E-state index is 0. The fourth-order valence-electron chi connectivity index (χ4n) is 2.30. The van der Waals surface area contributed by atoms with Gasteiger partial charge in [0.1, 0.15) is 0 Å². The molecule has 1 N–H and O–H groups in total. The first-order valence-electron chi connectivity index (χ1n) is 8.01. The van der Waals surface area contributed by atoms with Crippen LogP contribution in [0, 0.1) is 0 Å². The van der Waals surface area contributed by atoms with Crippen molar-refractivity contribution in [3.05, 3.63) is 0 Å². The van der Waals surface area contributed by atoms with E-state index < -0.39 is 10.1 Å². The van der Waals surface area contributed by atoms with Gasteiger partial charge in [-0.15, -0.1) is 0 Å². The predicted molar refractivity (Wildman–Crippen MR) is 83.2 cm³/mol. The Morgan fingerprint density at radius 1 is 0.700 bits per heavy atom. The Labute approximate surface area is 170 Å². The van der Waals surface area contributed by atoms with E-state index in [2.05, 4.69) is 6.92 Å². The monoisotopic (exact) mass is 332 g/mol. The Morgan fingerprint density at radius 2 is 1.00 bits per heavy atom. The summed E-state index contributed by atoms with van der Waals surface area (Å²) >= 11 is 0. The van der Waals surface area contributed by atoms with Crippen LogP contribution in [-0.4, -0.2) is 18.7 Å². The number of rotatable bonds is 14. The van der Waals surface area contributed by atoms with E-state index in [-0.39, 0.29) is 58.6 Å². The van der Waals surface area contributed by atoms with Crippen molar-refractivity contribution in [2.75, 3.05) is 5.75 Å². The van der Waals surface area contributed by atoms with Crippen LogP contribution in [0.1, 0.15) is 91.8 Å². The van der Waals surface area contributed by atoms with Crippen LogP contribution in [0.2, 0.25) is 0 Å². The quantitative estimate of drug-likeness (QED) is 0.301.